The van der Waals surface area contributed by atoms with Gasteiger partial charge >= 0.3 is 0 Å². The summed E-state index contributed by atoms with van der Waals surface area (Å²) in [4.78, 5) is 21.2. The number of aromatic nitrogens is 1. The zero-order valence-electron chi connectivity index (χ0n) is 15.2. The van der Waals surface area contributed by atoms with Gasteiger partial charge < -0.3 is 10.1 Å². The number of thiazole rings is 1. The smallest absolute Gasteiger partial charge is 0.276 e. The molecular weight excluding hydrogens is 372 g/mol. The topological polar surface area (TPSA) is 75.6 Å². The fraction of sp³-hybridized carbons (Fsp3) is 0.190. The van der Waals surface area contributed by atoms with Gasteiger partial charge in [0.15, 0.2) is 0 Å². The molecule has 3 aromatic rings. The third-order valence-corrected chi connectivity index (χ3v) is 5.93. The van der Waals surface area contributed by atoms with E-state index in [0.717, 1.165) is 22.2 Å². The van der Waals surface area contributed by atoms with Crippen LogP contribution >= 0.6 is 11.3 Å². The molecule has 0 saturated carbocycles. The normalized spacial score (nSPS) is 22.4. The van der Waals surface area contributed by atoms with Gasteiger partial charge in [-0.15, -0.1) is 11.3 Å². The van der Waals surface area contributed by atoms with Crippen molar-refractivity contribution in [1.82, 2.24) is 15.6 Å². The van der Waals surface area contributed by atoms with Gasteiger partial charge in [-0.25, -0.2) is 9.98 Å². The van der Waals surface area contributed by atoms with Crippen molar-refractivity contribution < 1.29 is 9.53 Å². The number of amides is 1. The first-order valence-electron chi connectivity index (χ1n) is 9.03. The Balaban J connectivity index is 1.41. The summed E-state index contributed by atoms with van der Waals surface area (Å²) in [5.74, 6) is 0.242. The van der Waals surface area contributed by atoms with Crippen LogP contribution in [0.25, 0.3) is 16.3 Å². The van der Waals surface area contributed by atoms with E-state index in [4.69, 9.17) is 4.74 Å². The molecule has 2 unspecified atom stereocenters. The molecule has 2 heterocycles. The van der Waals surface area contributed by atoms with E-state index in [1.54, 1.807) is 24.5 Å². The predicted molar refractivity (Wildman–Crippen MR) is 110 cm³/mol. The Kier molecular flexibility index (Phi) is 4.18. The first kappa shape index (κ1) is 17.1. The van der Waals surface area contributed by atoms with Crippen molar-refractivity contribution in [2.24, 2.45) is 4.99 Å². The molecule has 1 aliphatic carbocycles. The highest BCUT2D eigenvalue weighted by molar-refractivity contribution is 7.16. The number of nitrogens with one attached hydrogen (secondary N) is 2. The SMILES string of the molecule is COC1Cc2ccccc2C1NC1=N/C(=C\c2ccc3ncsc3c2)C(=O)N1. The Hall–Kier alpha value is -3.03. The number of rotatable bonds is 3. The van der Waals surface area contributed by atoms with Crippen molar-refractivity contribution in [3.63, 3.8) is 0 Å². The lowest BCUT2D eigenvalue weighted by molar-refractivity contribution is -0.115. The maximum Gasteiger partial charge on any atom is 0.276 e. The lowest BCUT2D eigenvalue weighted by Crippen LogP contribution is -2.41. The Bertz CT molecular complexity index is 1130. The van der Waals surface area contributed by atoms with Crippen LogP contribution < -0.4 is 10.6 Å². The van der Waals surface area contributed by atoms with E-state index in [9.17, 15) is 4.79 Å². The number of hydrogen-bond donors (Lipinski definition) is 2. The van der Waals surface area contributed by atoms with Gasteiger partial charge in [-0.3, -0.25) is 10.1 Å². The van der Waals surface area contributed by atoms with E-state index >= 15 is 0 Å². The number of carbonyl (C=O) groups excluding carboxylic acids is 1. The summed E-state index contributed by atoms with van der Waals surface area (Å²) in [6.45, 7) is 0. The molecule has 140 valence electrons. The van der Waals surface area contributed by atoms with Crippen molar-refractivity contribution in [3.8, 4) is 0 Å². The molecule has 0 bridgehead atoms. The zero-order chi connectivity index (χ0) is 19.1. The highest BCUT2D eigenvalue weighted by atomic mass is 32.1. The predicted octanol–water partition coefficient (Wildman–Crippen LogP) is 3.03. The molecule has 1 aromatic heterocycles. The van der Waals surface area contributed by atoms with Crippen LogP contribution in [-0.4, -0.2) is 30.1 Å². The summed E-state index contributed by atoms with van der Waals surface area (Å²) in [5.41, 5.74) is 6.51. The minimum Gasteiger partial charge on any atom is -0.379 e. The van der Waals surface area contributed by atoms with Crippen molar-refractivity contribution in [2.45, 2.75) is 18.6 Å². The Labute approximate surface area is 166 Å². The maximum absolute atomic E-state index is 12.4. The molecule has 5 rings (SSSR count). The number of fused-ring (bicyclic) bond motifs is 2. The summed E-state index contributed by atoms with van der Waals surface area (Å²) in [5, 5.41) is 6.18. The molecule has 0 fully saturated rings. The lowest BCUT2D eigenvalue weighted by atomic mass is 10.1. The van der Waals surface area contributed by atoms with E-state index in [2.05, 4.69) is 32.7 Å². The molecule has 0 spiro atoms. The zero-order valence-corrected chi connectivity index (χ0v) is 16.0. The van der Waals surface area contributed by atoms with Crippen LogP contribution in [0.2, 0.25) is 0 Å². The summed E-state index contributed by atoms with van der Waals surface area (Å²) in [7, 11) is 1.71. The second-order valence-corrected chi connectivity index (χ2v) is 7.71. The van der Waals surface area contributed by atoms with Gasteiger partial charge in [0.1, 0.15) is 5.70 Å². The molecule has 7 heteroatoms. The molecule has 1 aliphatic heterocycles. The first-order chi connectivity index (χ1) is 13.7. The second-order valence-electron chi connectivity index (χ2n) is 6.82. The highest BCUT2D eigenvalue weighted by Gasteiger charge is 2.34. The van der Waals surface area contributed by atoms with E-state index in [1.165, 1.54) is 11.1 Å². The Morgan fingerprint density at radius 3 is 3.07 bits per heavy atom. The summed E-state index contributed by atoms with van der Waals surface area (Å²) in [6, 6.07) is 14.1. The van der Waals surface area contributed by atoms with E-state index < -0.39 is 0 Å². The molecular formula is C21H18N4O2S. The number of carbonyl (C=O) groups is 1. The summed E-state index contributed by atoms with van der Waals surface area (Å²) >= 11 is 1.58. The van der Waals surface area contributed by atoms with Crippen LogP contribution in [0.15, 0.2) is 58.7 Å². The van der Waals surface area contributed by atoms with Crippen LogP contribution in [-0.2, 0) is 16.0 Å². The fourth-order valence-electron chi connectivity index (χ4n) is 3.75. The minimum absolute atomic E-state index is 0.00114. The molecule has 2 aliphatic rings. The van der Waals surface area contributed by atoms with Gasteiger partial charge in [-0.1, -0.05) is 30.3 Å². The van der Waals surface area contributed by atoms with Crippen LogP contribution in [0.1, 0.15) is 22.7 Å². The van der Waals surface area contributed by atoms with Crippen LogP contribution in [0, 0.1) is 0 Å². The summed E-state index contributed by atoms with van der Waals surface area (Å²) < 4.78 is 6.73. The standard InChI is InChI=1S/C21H18N4O2S/c1-27-17-10-13-4-2-3-5-14(13)19(17)24-21-23-16(20(26)25-21)8-12-6-7-15-18(9-12)28-11-22-15/h2-9,11,17,19H,10H2,1H3,(H2,23,24,25,26)/b16-8-. The Morgan fingerprint density at radius 1 is 1.29 bits per heavy atom. The number of methoxy groups -OCH3 is 1. The number of aliphatic imine (C=N–C) groups is 1. The van der Waals surface area contributed by atoms with E-state index in [-0.39, 0.29) is 18.1 Å². The monoisotopic (exact) mass is 390 g/mol. The number of ether oxygens (including phenoxy) is 1. The summed E-state index contributed by atoms with van der Waals surface area (Å²) in [6.07, 6.45) is 2.63. The molecule has 0 saturated heterocycles. The van der Waals surface area contributed by atoms with Gasteiger partial charge in [-0.05, 0) is 34.9 Å². The molecule has 2 aromatic carbocycles. The molecule has 2 atom stereocenters. The number of hydrogen-bond acceptors (Lipinski definition) is 6. The fourth-order valence-corrected chi connectivity index (χ4v) is 4.48. The van der Waals surface area contributed by atoms with Crippen molar-refractivity contribution in [1.29, 1.82) is 0 Å². The number of nitrogens with zero attached hydrogens (tertiary/aromatic N) is 2. The number of benzene rings is 2. The molecule has 6 nitrogen and oxygen atoms in total. The van der Waals surface area contributed by atoms with Crippen LogP contribution in [0.5, 0.6) is 0 Å². The van der Waals surface area contributed by atoms with Gasteiger partial charge in [-0.2, -0.15) is 0 Å². The first-order valence-corrected chi connectivity index (χ1v) is 9.91. The highest BCUT2D eigenvalue weighted by Crippen LogP contribution is 2.33. The second kappa shape index (κ2) is 6.85. The van der Waals surface area contributed by atoms with E-state index in [1.807, 2.05) is 35.8 Å². The van der Waals surface area contributed by atoms with Crippen LogP contribution in [0.3, 0.4) is 0 Å². The average Bonchev–Trinajstić information content (AvgIpc) is 3.40. The van der Waals surface area contributed by atoms with Gasteiger partial charge in [0.05, 0.1) is 27.9 Å². The van der Waals surface area contributed by atoms with E-state index in [0.29, 0.717) is 11.7 Å². The molecule has 1 amide bonds. The minimum atomic E-state index is -0.216. The van der Waals surface area contributed by atoms with Crippen molar-refractivity contribution in [2.75, 3.05) is 7.11 Å². The van der Waals surface area contributed by atoms with Crippen molar-refractivity contribution in [3.05, 3.63) is 70.4 Å². The third kappa shape index (κ3) is 2.98. The van der Waals surface area contributed by atoms with Crippen LogP contribution in [0.4, 0.5) is 0 Å². The molecule has 0 radical (unpaired) electrons. The Morgan fingerprint density at radius 2 is 2.18 bits per heavy atom. The van der Waals surface area contributed by atoms with Gasteiger partial charge in [0.2, 0.25) is 5.96 Å². The molecule has 2 N–H and O–H groups in total. The van der Waals surface area contributed by atoms with Gasteiger partial charge in [0, 0.05) is 13.5 Å². The molecule has 28 heavy (non-hydrogen) atoms. The number of guanidine groups is 1. The lowest BCUT2D eigenvalue weighted by Gasteiger charge is -2.21. The average molecular weight is 390 g/mol. The maximum atomic E-state index is 12.4. The van der Waals surface area contributed by atoms with Crippen molar-refractivity contribution >= 4 is 39.5 Å². The largest absolute Gasteiger partial charge is 0.379 e. The quantitative estimate of drug-likeness (QED) is 0.674. The van der Waals surface area contributed by atoms with Gasteiger partial charge in [0.25, 0.3) is 5.91 Å². The third-order valence-electron chi connectivity index (χ3n) is 5.13.